The van der Waals surface area contributed by atoms with Crippen molar-refractivity contribution >= 4 is 17.7 Å². The molecule has 10 nitrogen and oxygen atoms in total. The number of halogens is 4. The van der Waals surface area contributed by atoms with Crippen LogP contribution in [0.4, 0.5) is 17.6 Å². The molecule has 1 aromatic carbocycles. The van der Waals surface area contributed by atoms with Crippen LogP contribution in [0, 0.1) is 11.7 Å². The van der Waals surface area contributed by atoms with Crippen molar-refractivity contribution in [3.05, 3.63) is 57.0 Å². The van der Waals surface area contributed by atoms with E-state index in [1.165, 1.54) is 18.7 Å². The van der Waals surface area contributed by atoms with Crippen LogP contribution >= 0.6 is 0 Å². The highest BCUT2D eigenvalue weighted by molar-refractivity contribution is 6.35. The van der Waals surface area contributed by atoms with E-state index in [4.69, 9.17) is 0 Å². The molecule has 0 radical (unpaired) electrons. The maximum absolute atomic E-state index is 13.6. The summed E-state index contributed by atoms with van der Waals surface area (Å²) >= 11 is 0. The molecular weight excluding hydrogens is 514 g/mol. The summed E-state index contributed by atoms with van der Waals surface area (Å²) < 4.78 is 53.8. The molecule has 2 aliphatic heterocycles. The van der Waals surface area contributed by atoms with Crippen molar-refractivity contribution in [1.29, 1.82) is 0 Å². The van der Waals surface area contributed by atoms with Gasteiger partial charge in [-0.15, -0.1) is 0 Å². The highest BCUT2D eigenvalue weighted by Crippen LogP contribution is 2.43. The molecule has 3 amide bonds. The molecule has 3 heterocycles. The highest BCUT2D eigenvalue weighted by atomic mass is 19.4. The zero-order chi connectivity index (χ0) is 28.0. The van der Waals surface area contributed by atoms with E-state index in [2.05, 4.69) is 15.6 Å². The molecule has 0 atom stereocenters. The minimum absolute atomic E-state index is 0.00601. The Bertz CT molecular complexity index is 1360. The van der Waals surface area contributed by atoms with Crippen LogP contribution < -0.4 is 16.2 Å². The number of fused-ring (bicyclic) bond motifs is 2. The van der Waals surface area contributed by atoms with Gasteiger partial charge in [0.1, 0.15) is 11.6 Å². The summed E-state index contributed by atoms with van der Waals surface area (Å²) in [6.07, 6.45) is -3.10. The van der Waals surface area contributed by atoms with Gasteiger partial charge in [-0.25, -0.2) is 9.37 Å². The fraction of sp³-hybridized carbons (Fsp3) is 0.458. The number of rotatable bonds is 4. The molecule has 0 spiro atoms. The normalized spacial score (nSPS) is 20.3. The van der Waals surface area contributed by atoms with Gasteiger partial charge in [-0.3, -0.25) is 23.7 Å². The summed E-state index contributed by atoms with van der Waals surface area (Å²) in [5, 5.41) is 15.5. The van der Waals surface area contributed by atoms with Gasteiger partial charge in [0, 0.05) is 27.2 Å². The lowest BCUT2D eigenvalue weighted by Crippen LogP contribution is -2.53. The number of nitrogens with one attached hydrogen (secondary N) is 2. The van der Waals surface area contributed by atoms with Gasteiger partial charge < -0.3 is 20.6 Å². The Morgan fingerprint density at radius 3 is 2.47 bits per heavy atom. The number of nitrogens with zero attached hydrogens (tertiary/aromatic N) is 3. The van der Waals surface area contributed by atoms with Crippen LogP contribution in [-0.2, 0) is 34.4 Å². The van der Waals surface area contributed by atoms with Crippen molar-refractivity contribution in [3.63, 3.8) is 0 Å². The minimum atomic E-state index is -4.94. The van der Waals surface area contributed by atoms with Gasteiger partial charge in [0.2, 0.25) is 5.75 Å². The summed E-state index contributed by atoms with van der Waals surface area (Å²) in [6, 6.07) is 2.21. The number of likely N-dealkylation sites (N-methyl/N-ethyl adjacent to an activating group) is 1. The quantitative estimate of drug-likeness (QED) is 0.400. The SMILES string of the molecule is CN(C)C(=O)C(=O)NC12CCC(CC1)Cn1c2nc(C(=O)NCc2ccc(F)c(C(F)(F)F)c2)c(O)c1=O. The fourth-order valence-electron chi connectivity index (χ4n) is 4.89. The number of carbonyl (C=O) groups is 3. The predicted molar refractivity (Wildman–Crippen MR) is 123 cm³/mol. The Morgan fingerprint density at radius 2 is 1.87 bits per heavy atom. The molecule has 0 unspecified atom stereocenters. The molecule has 5 rings (SSSR count). The number of benzene rings is 1. The second-order valence-electron chi connectivity index (χ2n) is 9.72. The van der Waals surface area contributed by atoms with E-state index in [1.807, 2.05) is 0 Å². The van der Waals surface area contributed by atoms with Crippen molar-refractivity contribution < 1.29 is 37.1 Å². The van der Waals surface area contributed by atoms with Crippen molar-refractivity contribution in [3.8, 4) is 5.75 Å². The van der Waals surface area contributed by atoms with E-state index in [-0.39, 0.29) is 23.9 Å². The lowest BCUT2D eigenvalue weighted by atomic mass is 9.77. The van der Waals surface area contributed by atoms with Crippen LogP contribution in [-0.4, -0.2) is 51.4 Å². The second-order valence-corrected chi connectivity index (χ2v) is 9.72. The number of alkyl halides is 3. The van der Waals surface area contributed by atoms with Gasteiger partial charge in [-0.05, 0) is 49.3 Å². The number of amides is 3. The lowest BCUT2D eigenvalue weighted by Gasteiger charge is -2.37. The highest BCUT2D eigenvalue weighted by Gasteiger charge is 2.46. The van der Waals surface area contributed by atoms with E-state index < -0.39 is 64.4 Å². The molecule has 14 heteroatoms. The van der Waals surface area contributed by atoms with Gasteiger partial charge in [0.15, 0.2) is 5.69 Å². The van der Waals surface area contributed by atoms with Crippen LogP contribution in [0.1, 0.15) is 53.1 Å². The van der Waals surface area contributed by atoms with Crippen molar-refractivity contribution in [1.82, 2.24) is 25.1 Å². The van der Waals surface area contributed by atoms with Gasteiger partial charge in [-0.1, -0.05) is 6.07 Å². The number of hydrogen-bond donors (Lipinski definition) is 3. The smallest absolute Gasteiger partial charge is 0.419 e. The Kier molecular flexibility index (Phi) is 6.93. The largest absolute Gasteiger partial charge is 0.501 e. The third-order valence-corrected chi connectivity index (χ3v) is 6.93. The molecule has 1 fully saturated rings. The predicted octanol–water partition coefficient (Wildman–Crippen LogP) is 1.64. The number of carbonyl (C=O) groups excluding carboxylic acids is 3. The Morgan fingerprint density at radius 1 is 1.21 bits per heavy atom. The van der Waals surface area contributed by atoms with E-state index >= 15 is 0 Å². The van der Waals surface area contributed by atoms with E-state index in [1.54, 1.807) is 0 Å². The molecular formula is C24H25F4N5O5. The van der Waals surface area contributed by atoms with Crippen LogP contribution in [0.25, 0.3) is 0 Å². The van der Waals surface area contributed by atoms with Crippen LogP contribution in [0.5, 0.6) is 5.75 Å². The maximum Gasteiger partial charge on any atom is 0.419 e. The molecule has 2 bridgehead atoms. The standard InChI is InChI=1S/C24H25F4N5O5/c1-32(2)21(38)19(36)31-23-7-5-12(6-8-23)11-33-20(37)17(34)16(30-22(23)33)18(35)29-10-13-3-4-15(25)14(9-13)24(26,27)28/h3-4,9,12,34H,5-8,10-11H2,1-2H3,(H,29,35)(H,31,36). The Hall–Kier alpha value is -3.97. The molecule has 3 aliphatic rings. The molecule has 1 saturated carbocycles. The van der Waals surface area contributed by atoms with Crippen molar-refractivity contribution in [2.75, 3.05) is 14.1 Å². The molecule has 2 aromatic rings. The molecule has 3 N–H and O–H groups in total. The first-order valence-corrected chi connectivity index (χ1v) is 11.8. The van der Waals surface area contributed by atoms with Crippen LogP contribution in [0.15, 0.2) is 23.0 Å². The molecule has 38 heavy (non-hydrogen) atoms. The minimum Gasteiger partial charge on any atom is -0.501 e. The average Bonchev–Trinajstić information content (AvgIpc) is 3.10. The second kappa shape index (κ2) is 9.72. The van der Waals surface area contributed by atoms with E-state index in [0.29, 0.717) is 37.8 Å². The summed E-state index contributed by atoms with van der Waals surface area (Å²) in [4.78, 5) is 56.2. The van der Waals surface area contributed by atoms with Gasteiger partial charge in [0.05, 0.1) is 11.1 Å². The first kappa shape index (κ1) is 27.1. The lowest BCUT2D eigenvalue weighted by molar-refractivity contribution is -0.145. The van der Waals surface area contributed by atoms with Gasteiger partial charge in [0.25, 0.3) is 11.5 Å². The monoisotopic (exact) mass is 539 g/mol. The third kappa shape index (κ3) is 4.94. The van der Waals surface area contributed by atoms with Crippen molar-refractivity contribution in [2.45, 2.75) is 50.5 Å². The zero-order valence-electron chi connectivity index (χ0n) is 20.5. The maximum atomic E-state index is 13.6. The number of aromatic nitrogens is 2. The molecule has 1 aromatic heterocycles. The molecule has 0 saturated heterocycles. The molecule has 204 valence electrons. The van der Waals surface area contributed by atoms with Crippen molar-refractivity contribution in [2.24, 2.45) is 5.92 Å². The summed E-state index contributed by atoms with van der Waals surface area (Å²) in [5.41, 5.74) is -4.45. The topological polar surface area (TPSA) is 134 Å². The number of aromatic hydroxyl groups is 1. The Labute approximate surface area is 213 Å². The summed E-state index contributed by atoms with van der Waals surface area (Å²) in [6.45, 7) is -0.297. The fourth-order valence-corrected chi connectivity index (χ4v) is 4.89. The van der Waals surface area contributed by atoms with Crippen LogP contribution in [0.2, 0.25) is 0 Å². The van der Waals surface area contributed by atoms with Crippen LogP contribution in [0.3, 0.4) is 0 Å². The number of hydrogen-bond acceptors (Lipinski definition) is 6. The first-order chi connectivity index (χ1) is 17.7. The van der Waals surface area contributed by atoms with E-state index in [0.717, 1.165) is 11.0 Å². The van der Waals surface area contributed by atoms with Gasteiger partial charge in [-0.2, -0.15) is 13.2 Å². The Balaban J connectivity index is 1.68. The molecule has 1 aliphatic carbocycles. The van der Waals surface area contributed by atoms with Gasteiger partial charge >= 0.3 is 18.0 Å². The summed E-state index contributed by atoms with van der Waals surface area (Å²) in [5.74, 6) is -5.20. The first-order valence-electron chi connectivity index (χ1n) is 11.8. The van der Waals surface area contributed by atoms with E-state index in [9.17, 15) is 41.8 Å². The third-order valence-electron chi connectivity index (χ3n) is 6.93. The zero-order valence-corrected chi connectivity index (χ0v) is 20.5. The summed E-state index contributed by atoms with van der Waals surface area (Å²) in [7, 11) is 2.80. The average molecular weight is 539 g/mol.